The van der Waals surface area contributed by atoms with Crippen LogP contribution in [0.3, 0.4) is 0 Å². The molecular formula is C6H8IN2O4+. The average molecular weight is 299 g/mol. The SMILES string of the molecule is O=C(CI)N[N+]1(O)C(=O)CCC1=O. The molecule has 3 amide bonds. The Labute approximate surface area is 87.5 Å². The van der Waals surface area contributed by atoms with E-state index < -0.39 is 22.5 Å². The molecule has 0 saturated carbocycles. The molecule has 7 heteroatoms. The zero-order valence-electron chi connectivity index (χ0n) is 6.62. The van der Waals surface area contributed by atoms with E-state index in [9.17, 15) is 19.6 Å². The van der Waals surface area contributed by atoms with Crippen LogP contribution in [0.1, 0.15) is 12.8 Å². The molecule has 0 aromatic rings. The number of rotatable bonds is 2. The molecule has 1 rings (SSSR count). The molecule has 1 aliphatic heterocycles. The van der Waals surface area contributed by atoms with Crippen molar-refractivity contribution in [2.45, 2.75) is 12.8 Å². The quantitative estimate of drug-likeness (QED) is 0.237. The van der Waals surface area contributed by atoms with E-state index in [-0.39, 0.29) is 17.3 Å². The van der Waals surface area contributed by atoms with Crippen LogP contribution in [-0.4, -0.2) is 32.1 Å². The lowest BCUT2D eigenvalue weighted by Crippen LogP contribution is -2.61. The van der Waals surface area contributed by atoms with E-state index >= 15 is 0 Å². The van der Waals surface area contributed by atoms with E-state index in [0.29, 0.717) is 0 Å². The summed E-state index contributed by atoms with van der Waals surface area (Å²) in [6.07, 6.45) is -0.0618. The molecule has 1 saturated heterocycles. The maximum Gasteiger partial charge on any atom is 0.379 e. The third-order valence-electron chi connectivity index (χ3n) is 1.68. The lowest BCUT2D eigenvalue weighted by atomic mass is 10.4. The maximum atomic E-state index is 11.0. The highest BCUT2D eigenvalue weighted by atomic mass is 127. The van der Waals surface area contributed by atoms with Crippen LogP contribution in [-0.2, 0) is 14.4 Å². The number of hydrogen-bond donors (Lipinski definition) is 2. The first-order valence-electron chi connectivity index (χ1n) is 3.56. The molecule has 0 spiro atoms. The van der Waals surface area contributed by atoms with Crippen molar-refractivity contribution in [3.63, 3.8) is 0 Å². The molecule has 0 radical (unpaired) electrons. The lowest BCUT2D eigenvalue weighted by molar-refractivity contribution is -1.00. The number of carbonyl (C=O) groups is 3. The van der Waals surface area contributed by atoms with Gasteiger partial charge >= 0.3 is 11.8 Å². The standard InChI is InChI=1S/C6H7IN2O4/c7-3-4(10)8-9(13)5(11)1-2-6(9)12/h13H,1-3H2/p+1. The Kier molecular flexibility index (Phi) is 2.98. The third-order valence-corrected chi connectivity index (χ3v) is 2.38. The van der Waals surface area contributed by atoms with Crippen LogP contribution in [0.15, 0.2) is 0 Å². The highest BCUT2D eigenvalue weighted by molar-refractivity contribution is 14.1. The van der Waals surface area contributed by atoms with Crippen LogP contribution < -0.4 is 5.43 Å². The molecule has 0 aliphatic carbocycles. The molecule has 0 aromatic heterocycles. The fourth-order valence-electron chi connectivity index (χ4n) is 1.01. The minimum Gasteiger partial charge on any atom is -0.269 e. The number of nitrogens with one attached hydrogen (secondary N) is 1. The van der Waals surface area contributed by atoms with Crippen LogP contribution in [0.5, 0.6) is 0 Å². The molecule has 0 bridgehead atoms. The number of imide groups is 1. The molecule has 13 heavy (non-hydrogen) atoms. The van der Waals surface area contributed by atoms with E-state index in [2.05, 4.69) is 0 Å². The molecule has 1 aliphatic rings. The molecule has 0 aromatic carbocycles. The van der Waals surface area contributed by atoms with E-state index in [1.807, 2.05) is 5.43 Å². The van der Waals surface area contributed by atoms with Crippen molar-refractivity contribution in [3.05, 3.63) is 0 Å². The van der Waals surface area contributed by atoms with E-state index in [4.69, 9.17) is 0 Å². The number of hydroxylamine groups is 2. The Morgan fingerprint density at radius 2 is 1.92 bits per heavy atom. The molecular weight excluding hydrogens is 291 g/mol. The molecule has 0 atom stereocenters. The summed E-state index contributed by atoms with van der Waals surface area (Å²) in [7, 11) is 0. The number of amides is 3. The number of hydrogen-bond acceptors (Lipinski definition) is 4. The van der Waals surface area contributed by atoms with Crippen LogP contribution in [0.2, 0.25) is 0 Å². The van der Waals surface area contributed by atoms with Crippen molar-refractivity contribution in [1.82, 2.24) is 5.43 Å². The number of nitrogens with zero attached hydrogens (tertiary/aromatic N) is 1. The second-order valence-electron chi connectivity index (χ2n) is 2.59. The van der Waals surface area contributed by atoms with Gasteiger partial charge in [0, 0.05) is 4.76 Å². The van der Waals surface area contributed by atoms with Crippen LogP contribution >= 0.6 is 22.6 Å². The zero-order chi connectivity index (χ0) is 10.1. The predicted octanol–water partition coefficient (Wildman–Crippen LogP) is -0.494. The topological polar surface area (TPSA) is 83.5 Å². The minimum atomic E-state index is -1.57. The molecule has 0 unspecified atom stereocenters. The van der Waals surface area contributed by atoms with Gasteiger partial charge in [-0.15, -0.1) is 0 Å². The first kappa shape index (κ1) is 10.5. The number of alkyl halides is 1. The van der Waals surface area contributed by atoms with Gasteiger partial charge in [-0.3, -0.25) is 4.79 Å². The summed E-state index contributed by atoms with van der Waals surface area (Å²) >= 11 is 1.76. The largest absolute Gasteiger partial charge is 0.379 e. The van der Waals surface area contributed by atoms with Gasteiger partial charge in [0.15, 0.2) is 0 Å². The van der Waals surface area contributed by atoms with E-state index in [0.717, 1.165) is 0 Å². The summed E-state index contributed by atoms with van der Waals surface area (Å²) in [6.45, 7) is 0. The summed E-state index contributed by atoms with van der Waals surface area (Å²) in [6, 6.07) is 0. The highest BCUT2D eigenvalue weighted by Crippen LogP contribution is 2.16. The Balaban J connectivity index is 2.79. The molecule has 72 valence electrons. The van der Waals surface area contributed by atoms with Gasteiger partial charge in [-0.2, -0.15) is 10.6 Å². The maximum absolute atomic E-state index is 11.0. The first-order valence-corrected chi connectivity index (χ1v) is 5.09. The van der Waals surface area contributed by atoms with Crippen molar-refractivity contribution < 1.29 is 24.3 Å². The van der Waals surface area contributed by atoms with Gasteiger partial charge in [0.05, 0.1) is 17.3 Å². The third kappa shape index (κ3) is 1.86. The van der Waals surface area contributed by atoms with Crippen molar-refractivity contribution in [1.29, 1.82) is 0 Å². The second-order valence-corrected chi connectivity index (χ2v) is 3.35. The van der Waals surface area contributed by atoms with E-state index in [1.165, 1.54) is 0 Å². The van der Waals surface area contributed by atoms with Gasteiger partial charge in [-0.25, -0.2) is 9.59 Å². The van der Waals surface area contributed by atoms with Crippen LogP contribution in [0.25, 0.3) is 0 Å². The van der Waals surface area contributed by atoms with Gasteiger partial charge in [0.1, 0.15) is 0 Å². The van der Waals surface area contributed by atoms with Gasteiger partial charge in [0.2, 0.25) is 0 Å². The Morgan fingerprint density at radius 3 is 2.31 bits per heavy atom. The smallest absolute Gasteiger partial charge is 0.269 e. The normalized spacial score (nSPS) is 20.5. The van der Waals surface area contributed by atoms with Gasteiger partial charge in [0.25, 0.3) is 5.91 Å². The van der Waals surface area contributed by atoms with Crippen molar-refractivity contribution in [2.24, 2.45) is 0 Å². The summed E-state index contributed by atoms with van der Waals surface area (Å²) in [5.41, 5.74) is 1.95. The Bertz CT molecular complexity index is 262. The molecule has 2 N–H and O–H groups in total. The fraction of sp³-hybridized carbons (Fsp3) is 0.500. The molecule has 1 heterocycles. The number of quaternary nitrogens is 1. The molecule has 6 nitrogen and oxygen atoms in total. The van der Waals surface area contributed by atoms with E-state index in [1.54, 1.807) is 22.6 Å². The first-order chi connectivity index (χ1) is 6.00. The minimum absolute atomic E-state index is 0.0309. The molecule has 1 fully saturated rings. The number of halogens is 1. The average Bonchev–Trinajstić information content (AvgIpc) is 2.33. The Morgan fingerprint density at radius 1 is 1.46 bits per heavy atom. The monoisotopic (exact) mass is 299 g/mol. The lowest BCUT2D eigenvalue weighted by Gasteiger charge is -2.17. The zero-order valence-corrected chi connectivity index (χ0v) is 8.78. The number of carbonyl (C=O) groups excluding carboxylic acids is 3. The van der Waals surface area contributed by atoms with Gasteiger partial charge < -0.3 is 0 Å². The predicted molar refractivity (Wildman–Crippen MR) is 48.3 cm³/mol. The summed E-state index contributed by atoms with van der Waals surface area (Å²) in [4.78, 5) is 32.9. The highest BCUT2D eigenvalue weighted by Gasteiger charge is 2.52. The Hall–Kier alpha value is -0.540. The summed E-state index contributed by atoms with van der Waals surface area (Å²) < 4.78 is -1.49. The van der Waals surface area contributed by atoms with Crippen molar-refractivity contribution >= 4 is 40.3 Å². The van der Waals surface area contributed by atoms with Crippen molar-refractivity contribution in [2.75, 3.05) is 4.43 Å². The van der Waals surface area contributed by atoms with Crippen LogP contribution in [0.4, 0.5) is 0 Å². The van der Waals surface area contributed by atoms with Gasteiger partial charge in [-0.1, -0.05) is 22.6 Å². The fourth-order valence-corrected chi connectivity index (χ4v) is 1.18. The summed E-state index contributed by atoms with van der Waals surface area (Å²) in [5.74, 6) is -1.93. The van der Waals surface area contributed by atoms with Crippen LogP contribution in [0, 0.1) is 0 Å². The summed E-state index contributed by atoms with van der Waals surface area (Å²) in [5, 5.41) is 9.43. The second kappa shape index (κ2) is 3.68. The van der Waals surface area contributed by atoms with Crippen molar-refractivity contribution in [3.8, 4) is 0 Å². The van der Waals surface area contributed by atoms with Gasteiger partial charge in [-0.05, 0) is 0 Å².